The molecule has 0 saturated carbocycles. The van der Waals surface area contributed by atoms with Crippen LogP contribution < -0.4 is 10.2 Å². The van der Waals surface area contributed by atoms with Gasteiger partial charge in [-0.15, -0.1) is 0 Å². The van der Waals surface area contributed by atoms with E-state index < -0.39 is 11.9 Å². The number of nitrogens with one attached hydrogen (secondary N) is 1. The van der Waals surface area contributed by atoms with Crippen LogP contribution in [0.3, 0.4) is 0 Å². The number of hydrogen-bond acceptors (Lipinski definition) is 6. The van der Waals surface area contributed by atoms with Crippen LogP contribution in [0.5, 0.6) is 5.75 Å². The Bertz CT molecular complexity index is 1140. The molecule has 3 aromatic rings. The van der Waals surface area contributed by atoms with Crippen LogP contribution in [0, 0.1) is 3.57 Å². The molecule has 0 fully saturated rings. The Morgan fingerprint density at radius 3 is 2.73 bits per heavy atom. The molecule has 2 aromatic carbocycles. The van der Waals surface area contributed by atoms with E-state index >= 15 is 0 Å². The number of nitrogens with zero attached hydrogens (tertiary/aromatic N) is 1. The zero-order chi connectivity index (χ0) is 21.8. The lowest BCUT2D eigenvalue weighted by Gasteiger charge is -2.09. The van der Waals surface area contributed by atoms with Crippen LogP contribution in [0.1, 0.15) is 16.1 Å². The van der Waals surface area contributed by atoms with Gasteiger partial charge in [0.25, 0.3) is 0 Å². The van der Waals surface area contributed by atoms with Gasteiger partial charge in [0.1, 0.15) is 5.58 Å². The van der Waals surface area contributed by atoms with Crippen molar-refractivity contribution in [3.8, 4) is 5.75 Å². The van der Waals surface area contributed by atoms with Gasteiger partial charge in [-0.05, 0) is 74.4 Å². The second kappa shape index (κ2) is 10.1. The predicted octanol–water partition coefficient (Wildman–Crippen LogP) is 5.53. The van der Waals surface area contributed by atoms with Crippen molar-refractivity contribution in [2.75, 3.05) is 13.7 Å². The number of amides is 1. The lowest BCUT2D eigenvalue weighted by molar-refractivity contribution is -0.142. The molecule has 0 bridgehead atoms. The Balaban J connectivity index is 1.69. The summed E-state index contributed by atoms with van der Waals surface area (Å²) in [6.45, 7) is -0.272. The molecule has 0 atom stereocenters. The number of halogens is 4. The van der Waals surface area contributed by atoms with Gasteiger partial charge in [-0.3, -0.25) is 4.79 Å². The number of ether oxygens (including phenoxy) is 2. The summed E-state index contributed by atoms with van der Waals surface area (Å²) in [5.74, 6) is -0.577. The number of hydrogen-bond donors (Lipinski definition) is 1. The Labute approximate surface area is 206 Å². The fourth-order valence-electron chi connectivity index (χ4n) is 2.39. The highest BCUT2D eigenvalue weighted by molar-refractivity contribution is 14.1. The van der Waals surface area contributed by atoms with Gasteiger partial charge >= 0.3 is 11.9 Å². The minimum Gasteiger partial charge on any atom is -0.479 e. The highest BCUT2D eigenvalue weighted by atomic mass is 127. The number of rotatable bonds is 6. The highest BCUT2D eigenvalue weighted by Gasteiger charge is 2.15. The first-order valence-corrected chi connectivity index (χ1v) is 11.2. The summed E-state index contributed by atoms with van der Waals surface area (Å²) in [6.07, 6.45) is 1.42. The zero-order valence-corrected chi connectivity index (χ0v) is 21.3. The minimum atomic E-state index is -0.529. The number of hydrazone groups is 1. The lowest BCUT2D eigenvalue weighted by Crippen LogP contribution is -2.16. The molecule has 0 radical (unpaired) electrons. The summed E-state index contributed by atoms with van der Waals surface area (Å²) in [5.41, 5.74) is 3.64. The Morgan fingerprint density at radius 2 is 2.03 bits per heavy atom. The van der Waals surface area contributed by atoms with E-state index in [9.17, 15) is 9.59 Å². The van der Waals surface area contributed by atoms with Gasteiger partial charge in [-0.25, -0.2) is 10.2 Å². The van der Waals surface area contributed by atoms with E-state index in [1.165, 1.54) is 13.3 Å². The summed E-state index contributed by atoms with van der Waals surface area (Å²) >= 11 is 15.1. The van der Waals surface area contributed by atoms with E-state index in [1.54, 1.807) is 18.2 Å². The highest BCUT2D eigenvalue weighted by Crippen LogP contribution is 2.34. The number of carbonyl (C=O) groups excluding carboxylic acids is 2. The van der Waals surface area contributed by atoms with Crippen molar-refractivity contribution >= 4 is 95.1 Å². The standard InChI is InChI=1S/C19H12Br2ClIN2O5/c1-28-16(26)8-29-18-12(21)2-9(3-13(18)22)7-24-25-19(27)15-5-10-4-11(20)6-14(23)17(10)30-15/h2-7H,8H2,1H3,(H,25,27)/b24-7-. The number of esters is 1. The molecule has 1 aromatic heterocycles. The molecule has 0 unspecified atom stereocenters. The van der Waals surface area contributed by atoms with E-state index in [-0.39, 0.29) is 17.4 Å². The molecule has 0 aliphatic heterocycles. The van der Waals surface area contributed by atoms with E-state index in [0.29, 0.717) is 21.4 Å². The number of carbonyl (C=O) groups is 2. The molecule has 1 N–H and O–H groups in total. The monoisotopic (exact) mass is 668 g/mol. The maximum atomic E-state index is 12.3. The zero-order valence-electron chi connectivity index (χ0n) is 15.2. The topological polar surface area (TPSA) is 90.1 Å². The maximum absolute atomic E-state index is 12.3. The predicted molar refractivity (Wildman–Crippen MR) is 128 cm³/mol. The molecule has 0 aliphatic rings. The van der Waals surface area contributed by atoms with Gasteiger partial charge < -0.3 is 13.9 Å². The van der Waals surface area contributed by atoms with Crippen LogP contribution in [0.25, 0.3) is 11.0 Å². The third-order valence-corrected chi connectivity index (χ3v) is 5.85. The molecule has 0 aliphatic carbocycles. The maximum Gasteiger partial charge on any atom is 0.343 e. The van der Waals surface area contributed by atoms with Crippen molar-refractivity contribution in [2.24, 2.45) is 5.10 Å². The summed E-state index contributed by atoms with van der Waals surface area (Å²) in [4.78, 5) is 23.5. The second-order valence-electron chi connectivity index (χ2n) is 5.79. The van der Waals surface area contributed by atoms with E-state index in [4.69, 9.17) is 20.8 Å². The van der Waals surface area contributed by atoms with Crippen molar-refractivity contribution in [3.63, 3.8) is 0 Å². The first kappa shape index (κ1) is 23.0. The lowest BCUT2D eigenvalue weighted by atomic mass is 10.2. The quantitative estimate of drug-likeness (QED) is 0.161. The van der Waals surface area contributed by atoms with E-state index in [2.05, 4.69) is 69.7 Å². The molecule has 1 amide bonds. The summed E-state index contributed by atoms with van der Waals surface area (Å²) in [5, 5.41) is 5.01. The summed E-state index contributed by atoms with van der Waals surface area (Å²) < 4.78 is 17.8. The molecule has 0 spiro atoms. The third kappa shape index (κ3) is 5.54. The largest absolute Gasteiger partial charge is 0.479 e. The van der Waals surface area contributed by atoms with Crippen molar-refractivity contribution < 1.29 is 23.5 Å². The van der Waals surface area contributed by atoms with Gasteiger partial charge in [-0.1, -0.05) is 27.5 Å². The van der Waals surface area contributed by atoms with Crippen molar-refractivity contribution in [3.05, 3.63) is 59.2 Å². The van der Waals surface area contributed by atoms with Gasteiger partial charge in [0.2, 0.25) is 0 Å². The molecule has 30 heavy (non-hydrogen) atoms. The van der Waals surface area contributed by atoms with Gasteiger partial charge in [0.05, 0.1) is 26.4 Å². The average Bonchev–Trinajstić information content (AvgIpc) is 3.11. The van der Waals surface area contributed by atoms with E-state index in [0.717, 1.165) is 13.4 Å². The first-order valence-electron chi connectivity index (χ1n) is 8.19. The van der Waals surface area contributed by atoms with Crippen LogP contribution in [0.15, 0.2) is 48.8 Å². The molecular weight excluding hydrogens is 658 g/mol. The van der Waals surface area contributed by atoms with Crippen LogP contribution in [-0.4, -0.2) is 31.8 Å². The molecule has 11 heteroatoms. The number of furan rings is 1. The molecule has 7 nitrogen and oxygen atoms in total. The molecular formula is C19H12Br2ClIN2O5. The van der Waals surface area contributed by atoms with Crippen LogP contribution in [0.4, 0.5) is 0 Å². The summed E-state index contributed by atoms with van der Waals surface area (Å²) in [7, 11) is 1.27. The van der Waals surface area contributed by atoms with Crippen LogP contribution in [0.2, 0.25) is 5.02 Å². The molecule has 3 rings (SSSR count). The molecule has 0 saturated heterocycles. The second-order valence-corrected chi connectivity index (χ2v) is 9.13. The fourth-order valence-corrected chi connectivity index (χ4v) is 5.04. The average molecular weight is 670 g/mol. The Hall–Kier alpha value is -1.63. The molecule has 1 heterocycles. The van der Waals surface area contributed by atoms with Crippen LogP contribution >= 0.6 is 66.1 Å². The van der Waals surface area contributed by atoms with Gasteiger partial charge in [0, 0.05) is 9.86 Å². The smallest absolute Gasteiger partial charge is 0.343 e. The minimum absolute atomic E-state index is 0.143. The van der Waals surface area contributed by atoms with Crippen LogP contribution in [-0.2, 0) is 9.53 Å². The van der Waals surface area contributed by atoms with Gasteiger partial charge in [0.15, 0.2) is 18.1 Å². The third-order valence-electron chi connectivity index (χ3n) is 3.72. The number of methoxy groups -OCH3 is 1. The molecule has 156 valence electrons. The number of fused-ring (bicyclic) bond motifs is 1. The van der Waals surface area contributed by atoms with Crippen molar-refractivity contribution in [1.82, 2.24) is 5.43 Å². The normalized spacial score (nSPS) is 11.1. The van der Waals surface area contributed by atoms with Crippen molar-refractivity contribution in [2.45, 2.75) is 0 Å². The number of benzene rings is 2. The fraction of sp³-hybridized carbons (Fsp3) is 0.105. The first-order chi connectivity index (χ1) is 14.3. The van der Waals surface area contributed by atoms with Gasteiger partial charge in [-0.2, -0.15) is 5.10 Å². The van der Waals surface area contributed by atoms with E-state index in [1.807, 2.05) is 12.1 Å². The SMILES string of the molecule is COC(=O)COc1c(Cl)cc(/C=N\NC(=O)c2cc3cc(Br)cc(I)c3o2)cc1Br. The Morgan fingerprint density at radius 1 is 1.27 bits per heavy atom. The summed E-state index contributed by atoms with van der Waals surface area (Å²) in [6, 6.07) is 8.66. The van der Waals surface area contributed by atoms with Crippen molar-refractivity contribution in [1.29, 1.82) is 0 Å². The Kier molecular flexibility index (Phi) is 7.77.